The summed E-state index contributed by atoms with van der Waals surface area (Å²) in [5.74, 6) is -0.0713. The number of carbonyl (C=O) groups is 1. The van der Waals surface area contributed by atoms with E-state index in [-0.39, 0.29) is 5.91 Å². The Morgan fingerprint density at radius 3 is 2.41 bits per heavy atom. The zero-order chi connectivity index (χ0) is 12.6. The lowest BCUT2D eigenvalue weighted by molar-refractivity contribution is -0.145. The van der Waals surface area contributed by atoms with Crippen molar-refractivity contribution < 1.29 is 14.4 Å². The fourth-order valence-electron chi connectivity index (χ4n) is 2.28. The van der Waals surface area contributed by atoms with Crippen LogP contribution in [0.2, 0.25) is 0 Å². The molecule has 1 saturated carbocycles. The summed E-state index contributed by atoms with van der Waals surface area (Å²) in [5, 5.41) is 0. The predicted octanol–water partition coefficient (Wildman–Crippen LogP) is 0.980. The molecule has 0 aromatic rings. The van der Waals surface area contributed by atoms with Gasteiger partial charge in [0.05, 0.1) is 18.6 Å². The summed E-state index contributed by atoms with van der Waals surface area (Å²) in [4.78, 5) is 17.2. The monoisotopic (exact) mass is 244 g/mol. The van der Waals surface area contributed by atoms with E-state index in [1.807, 2.05) is 0 Å². The molecule has 0 heterocycles. The van der Waals surface area contributed by atoms with E-state index in [9.17, 15) is 4.79 Å². The first kappa shape index (κ1) is 14.4. The molecule has 0 aromatic carbocycles. The van der Waals surface area contributed by atoms with Gasteiger partial charge < -0.3 is 10.5 Å². The summed E-state index contributed by atoms with van der Waals surface area (Å²) >= 11 is 0. The molecule has 1 aliphatic rings. The number of carbonyl (C=O) groups excluding carboxylic acids is 1. The second-order valence-corrected chi connectivity index (χ2v) is 4.67. The highest BCUT2D eigenvalue weighted by Gasteiger charge is 2.37. The zero-order valence-corrected chi connectivity index (χ0v) is 10.7. The van der Waals surface area contributed by atoms with Crippen LogP contribution in [-0.2, 0) is 14.4 Å². The first-order chi connectivity index (χ1) is 8.25. The van der Waals surface area contributed by atoms with Crippen molar-refractivity contribution in [2.24, 2.45) is 11.1 Å². The average Bonchev–Trinajstić information content (AvgIpc) is 2.60. The van der Waals surface area contributed by atoms with Crippen molar-refractivity contribution in [3.05, 3.63) is 0 Å². The van der Waals surface area contributed by atoms with Gasteiger partial charge in [0.25, 0.3) is 5.91 Å². The van der Waals surface area contributed by atoms with Crippen LogP contribution in [0.15, 0.2) is 0 Å². The van der Waals surface area contributed by atoms with E-state index in [2.05, 4.69) is 5.48 Å². The van der Waals surface area contributed by atoms with E-state index < -0.39 is 5.41 Å². The van der Waals surface area contributed by atoms with Crippen molar-refractivity contribution in [1.82, 2.24) is 5.48 Å². The Balaban J connectivity index is 2.43. The summed E-state index contributed by atoms with van der Waals surface area (Å²) in [5.41, 5.74) is 7.88. The van der Waals surface area contributed by atoms with Gasteiger partial charge >= 0.3 is 0 Å². The first-order valence-corrected chi connectivity index (χ1v) is 6.36. The minimum Gasteiger partial charge on any atom is -0.382 e. The van der Waals surface area contributed by atoms with E-state index in [0.29, 0.717) is 19.8 Å². The standard InChI is InChI=1S/C12H24N2O3/c1-16-8-9-17-14-11(15)12(10-13)6-4-2-3-5-7-12/h2-10,13H2,1H3,(H,14,15). The summed E-state index contributed by atoms with van der Waals surface area (Å²) in [6.45, 7) is 1.23. The van der Waals surface area contributed by atoms with Crippen LogP contribution in [0.3, 0.4) is 0 Å². The third-order valence-electron chi connectivity index (χ3n) is 3.49. The zero-order valence-electron chi connectivity index (χ0n) is 10.7. The molecule has 0 spiro atoms. The Kier molecular flexibility index (Phi) is 6.47. The number of nitrogens with two attached hydrogens (primary N) is 1. The highest BCUT2D eigenvalue weighted by atomic mass is 16.7. The summed E-state index contributed by atoms with van der Waals surface area (Å²) in [6.07, 6.45) is 6.26. The second kappa shape index (κ2) is 7.63. The fourth-order valence-corrected chi connectivity index (χ4v) is 2.28. The number of hydroxylamine groups is 1. The second-order valence-electron chi connectivity index (χ2n) is 4.67. The van der Waals surface area contributed by atoms with Gasteiger partial charge in [-0.3, -0.25) is 9.63 Å². The van der Waals surface area contributed by atoms with Crippen molar-refractivity contribution in [3.8, 4) is 0 Å². The van der Waals surface area contributed by atoms with Crippen LogP contribution in [0.1, 0.15) is 38.5 Å². The molecule has 5 nitrogen and oxygen atoms in total. The van der Waals surface area contributed by atoms with Crippen molar-refractivity contribution >= 4 is 5.91 Å². The number of ether oxygens (including phenoxy) is 1. The van der Waals surface area contributed by atoms with Crippen LogP contribution in [0.4, 0.5) is 0 Å². The summed E-state index contributed by atoms with van der Waals surface area (Å²) < 4.78 is 4.84. The first-order valence-electron chi connectivity index (χ1n) is 6.36. The third-order valence-corrected chi connectivity index (χ3v) is 3.49. The Morgan fingerprint density at radius 1 is 1.24 bits per heavy atom. The largest absolute Gasteiger partial charge is 0.382 e. The van der Waals surface area contributed by atoms with Gasteiger partial charge in [-0.2, -0.15) is 0 Å². The van der Waals surface area contributed by atoms with E-state index >= 15 is 0 Å². The lowest BCUT2D eigenvalue weighted by Gasteiger charge is -2.29. The van der Waals surface area contributed by atoms with Gasteiger partial charge in [-0.25, -0.2) is 5.48 Å². The van der Waals surface area contributed by atoms with Gasteiger partial charge in [0, 0.05) is 13.7 Å². The molecule has 0 radical (unpaired) electrons. The van der Waals surface area contributed by atoms with Gasteiger partial charge in [0.2, 0.25) is 0 Å². The summed E-state index contributed by atoms with van der Waals surface area (Å²) in [7, 11) is 1.60. The lowest BCUT2D eigenvalue weighted by Crippen LogP contribution is -2.46. The molecule has 1 amide bonds. The minimum absolute atomic E-state index is 0.0713. The van der Waals surface area contributed by atoms with Crippen LogP contribution in [0.5, 0.6) is 0 Å². The normalized spacial score (nSPS) is 19.6. The number of amides is 1. The maximum atomic E-state index is 12.1. The summed E-state index contributed by atoms with van der Waals surface area (Å²) in [6, 6.07) is 0. The quantitative estimate of drug-likeness (QED) is 0.415. The maximum Gasteiger partial charge on any atom is 0.251 e. The van der Waals surface area contributed by atoms with Crippen LogP contribution in [0.25, 0.3) is 0 Å². The lowest BCUT2D eigenvalue weighted by atomic mass is 9.80. The molecule has 0 aliphatic heterocycles. The average molecular weight is 244 g/mol. The van der Waals surface area contributed by atoms with Gasteiger partial charge in [-0.1, -0.05) is 25.7 Å². The molecule has 3 N–H and O–H groups in total. The highest BCUT2D eigenvalue weighted by molar-refractivity contribution is 5.82. The van der Waals surface area contributed by atoms with Crippen LogP contribution in [0, 0.1) is 5.41 Å². The fraction of sp³-hybridized carbons (Fsp3) is 0.917. The molecule has 1 rings (SSSR count). The topological polar surface area (TPSA) is 73.6 Å². The molecule has 0 saturated heterocycles. The molecular weight excluding hydrogens is 220 g/mol. The number of nitrogens with one attached hydrogen (secondary N) is 1. The third kappa shape index (κ3) is 4.26. The van der Waals surface area contributed by atoms with E-state index in [4.69, 9.17) is 15.3 Å². The maximum absolute atomic E-state index is 12.1. The molecule has 0 atom stereocenters. The Morgan fingerprint density at radius 2 is 1.88 bits per heavy atom. The smallest absolute Gasteiger partial charge is 0.251 e. The van der Waals surface area contributed by atoms with Gasteiger partial charge in [0.15, 0.2) is 0 Å². The molecule has 1 fully saturated rings. The van der Waals surface area contributed by atoms with E-state index in [0.717, 1.165) is 25.7 Å². The SMILES string of the molecule is COCCONC(=O)C1(CN)CCCCCC1. The molecule has 1 aliphatic carbocycles. The molecule has 0 aromatic heterocycles. The molecule has 5 heteroatoms. The van der Waals surface area contributed by atoms with Gasteiger partial charge in [-0.05, 0) is 12.8 Å². The van der Waals surface area contributed by atoms with Crippen molar-refractivity contribution in [2.75, 3.05) is 26.9 Å². The van der Waals surface area contributed by atoms with Gasteiger partial charge in [-0.15, -0.1) is 0 Å². The van der Waals surface area contributed by atoms with Crippen molar-refractivity contribution in [2.45, 2.75) is 38.5 Å². The van der Waals surface area contributed by atoms with Crippen LogP contribution in [-0.4, -0.2) is 32.8 Å². The number of rotatable bonds is 6. The Bertz CT molecular complexity index is 226. The highest BCUT2D eigenvalue weighted by Crippen LogP contribution is 2.34. The van der Waals surface area contributed by atoms with Crippen LogP contribution < -0.4 is 11.2 Å². The Labute approximate surface area is 103 Å². The van der Waals surface area contributed by atoms with E-state index in [1.54, 1.807) is 7.11 Å². The van der Waals surface area contributed by atoms with Crippen LogP contribution >= 0.6 is 0 Å². The number of hydrogen-bond donors (Lipinski definition) is 2. The predicted molar refractivity (Wildman–Crippen MR) is 65.2 cm³/mol. The number of methoxy groups -OCH3 is 1. The van der Waals surface area contributed by atoms with Crippen molar-refractivity contribution in [1.29, 1.82) is 0 Å². The van der Waals surface area contributed by atoms with Gasteiger partial charge in [0.1, 0.15) is 0 Å². The minimum atomic E-state index is -0.427. The molecule has 17 heavy (non-hydrogen) atoms. The number of hydrogen-bond acceptors (Lipinski definition) is 4. The Hall–Kier alpha value is -0.650. The van der Waals surface area contributed by atoms with E-state index in [1.165, 1.54) is 12.8 Å². The molecule has 0 unspecified atom stereocenters. The molecule has 0 bridgehead atoms. The molecular formula is C12H24N2O3. The molecule has 100 valence electrons. The van der Waals surface area contributed by atoms with Crippen molar-refractivity contribution in [3.63, 3.8) is 0 Å².